The van der Waals surface area contributed by atoms with E-state index in [2.05, 4.69) is 11.2 Å². The molecule has 1 aromatic rings. The third-order valence-electron chi connectivity index (χ3n) is 3.17. The Labute approximate surface area is 83.4 Å². The van der Waals surface area contributed by atoms with Crippen molar-refractivity contribution in [2.24, 2.45) is 0 Å². The van der Waals surface area contributed by atoms with Gasteiger partial charge in [0.2, 0.25) is 0 Å². The largest absolute Gasteiger partial charge is 0.381 e. The first kappa shape index (κ1) is 8.48. The zero-order chi connectivity index (χ0) is 9.38. The second kappa shape index (κ2) is 3.39. The highest BCUT2D eigenvalue weighted by Crippen LogP contribution is 2.41. The molecule has 1 aliphatic carbocycles. The maximum absolute atomic E-state index is 5.35. The van der Waals surface area contributed by atoms with Crippen LogP contribution in [-0.4, -0.2) is 18.4 Å². The van der Waals surface area contributed by atoms with E-state index in [0.29, 0.717) is 11.8 Å². The molecule has 0 aromatic carbocycles. The average molecular weight is 193 g/mol. The summed E-state index contributed by atoms with van der Waals surface area (Å²) in [6.45, 7) is 1.74. The van der Waals surface area contributed by atoms with Gasteiger partial charge >= 0.3 is 0 Å². The van der Waals surface area contributed by atoms with Gasteiger partial charge in [-0.25, -0.2) is 0 Å². The summed E-state index contributed by atoms with van der Waals surface area (Å²) >= 11 is 0. The summed E-state index contributed by atoms with van der Waals surface area (Å²) in [6, 6.07) is 2.16. The van der Waals surface area contributed by atoms with Crippen molar-refractivity contribution in [3.63, 3.8) is 0 Å². The van der Waals surface area contributed by atoms with Crippen LogP contribution in [0.25, 0.3) is 0 Å². The van der Waals surface area contributed by atoms with Crippen molar-refractivity contribution in [3.05, 3.63) is 17.5 Å². The molecule has 1 saturated carbocycles. The standard InChI is InChI=1S/C11H15NO2/c1-2-9(1)11-7-10(12-14-11)8-3-5-13-6-4-8/h7-9H,1-6H2. The lowest BCUT2D eigenvalue weighted by Gasteiger charge is -2.19. The van der Waals surface area contributed by atoms with E-state index in [-0.39, 0.29) is 0 Å². The molecule has 0 N–H and O–H groups in total. The lowest BCUT2D eigenvalue weighted by Crippen LogP contribution is -2.14. The number of nitrogens with zero attached hydrogens (tertiary/aromatic N) is 1. The summed E-state index contributed by atoms with van der Waals surface area (Å²) in [5.41, 5.74) is 1.15. The van der Waals surface area contributed by atoms with E-state index < -0.39 is 0 Å². The zero-order valence-corrected chi connectivity index (χ0v) is 8.24. The second-order valence-corrected chi connectivity index (χ2v) is 4.32. The number of rotatable bonds is 2. The highest BCUT2D eigenvalue weighted by molar-refractivity contribution is 5.17. The smallest absolute Gasteiger partial charge is 0.140 e. The summed E-state index contributed by atoms with van der Waals surface area (Å²) in [7, 11) is 0. The summed E-state index contributed by atoms with van der Waals surface area (Å²) in [6.07, 6.45) is 4.75. The number of ether oxygens (including phenoxy) is 1. The highest BCUT2D eigenvalue weighted by Gasteiger charge is 2.29. The van der Waals surface area contributed by atoms with Crippen LogP contribution in [0.3, 0.4) is 0 Å². The first-order chi connectivity index (χ1) is 6.93. The van der Waals surface area contributed by atoms with Crippen molar-refractivity contribution in [1.29, 1.82) is 0 Å². The van der Waals surface area contributed by atoms with E-state index in [1.54, 1.807) is 0 Å². The topological polar surface area (TPSA) is 35.3 Å². The summed E-state index contributed by atoms with van der Waals surface area (Å²) in [5, 5.41) is 4.17. The van der Waals surface area contributed by atoms with Gasteiger partial charge in [-0.3, -0.25) is 0 Å². The van der Waals surface area contributed by atoms with Crippen molar-refractivity contribution >= 4 is 0 Å². The number of hydrogen-bond donors (Lipinski definition) is 0. The molecule has 1 saturated heterocycles. The predicted molar refractivity (Wildman–Crippen MR) is 51.3 cm³/mol. The predicted octanol–water partition coefficient (Wildman–Crippen LogP) is 2.45. The summed E-state index contributed by atoms with van der Waals surface area (Å²) < 4.78 is 10.7. The molecular weight excluding hydrogens is 178 g/mol. The normalized spacial score (nSPS) is 24.0. The molecule has 0 atom stereocenters. The minimum atomic E-state index is 0.569. The lowest BCUT2D eigenvalue weighted by atomic mass is 9.96. The zero-order valence-electron chi connectivity index (χ0n) is 8.24. The van der Waals surface area contributed by atoms with Crippen LogP contribution in [0.4, 0.5) is 0 Å². The van der Waals surface area contributed by atoms with Gasteiger partial charge in [0.05, 0.1) is 5.69 Å². The van der Waals surface area contributed by atoms with Gasteiger partial charge in [0.25, 0.3) is 0 Å². The Morgan fingerprint density at radius 3 is 2.57 bits per heavy atom. The molecule has 2 fully saturated rings. The molecule has 3 nitrogen and oxygen atoms in total. The van der Waals surface area contributed by atoms with Crippen molar-refractivity contribution < 1.29 is 9.26 Å². The maximum atomic E-state index is 5.35. The van der Waals surface area contributed by atoms with Crippen LogP contribution < -0.4 is 0 Å². The van der Waals surface area contributed by atoms with Crippen molar-refractivity contribution in [2.75, 3.05) is 13.2 Å². The van der Waals surface area contributed by atoms with E-state index in [4.69, 9.17) is 9.26 Å². The Morgan fingerprint density at radius 2 is 1.86 bits per heavy atom. The van der Waals surface area contributed by atoms with E-state index in [0.717, 1.165) is 37.5 Å². The van der Waals surface area contributed by atoms with E-state index in [1.807, 2.05) is 0 Å². The fourth-order valence-electron chi connectivity index (χ4n) is 2.05. The summed E-state index contributed by atoms with van der Waals surface area (Å²) in [4.78, 5) is 0. The molecule has 1 aliphatic heterocycles. The first-order valence-corrected chi connectivity index (χ1v) is 5.48. The van der Waals surface area contributed by atoms with Crippen molar-refractivity contribution in [1.82, 2.24) is 5.16 Å². The van der Waals surface area contributed by atoms with Crippen LogP contribution in [0, 0.1) is 0 Å². The second-order valence-electron chi connectivity index (χ2n) is 4.32. The molecular formula is C11H15NO2. The molecule has 0 spiro atoms. The maximum Gasteiger partial charge on any atom is 0.140 e. The van der Waals surface area contributed by atoms with E-state index >= 15 is 0 Å². The van der Waals surface area contributed by atoms with E-state index in [9.17, 15) is 0 Å². The molecule has 0 radical (unpaired) electrons. The van der Waals surface area contributed by atoms with Crippen LogP contribution in [0.15, 0.2) is 10.6 Å². The van der Waals surface area contributed by atoms with Gasteiger partial charge < -0.3 is 9.26 Å². The molecule has 76 valence electrons. The van der Waals surface area contributed by atoms with Gasteiger partial charge in [-0.15, -0.1) is 0 Å². The van der Waals surface area contributed by atoms with Crippen LogP contribution in [-0.2, 0) is 4.74 Å². The van der Waals surface area contributed by atoms with Gasteiger partial charge in [-0.05, 0) is 25.7 Å². The lowest BCUT2D eigenvalue weighted by molar-refractivity contribution is 0.0838. The van der Waals surface area contributed by atoms with Gasteiger partial charge in [-0.1, -0.05) is 5.16 Å². The Morgan fingerprint density at radius 1 is 1.07 bits per heavy atom. The Hall–Kier alpha value is -0.830. The van der Waals surface area contributed by atoms with Crippen LogP contribution in [0.1, 0.15) is 49.0 Å². The monoisotopic (exact) mass is 193 g/mol. The van der Waals surface area contributed by atoms with Gasteiger partial charge in [0.15, 0.2) is 0 Å². The summed E-state index contributed by atoms with van der Waals surface area (Å²) in [5.74, 6) is 2.35. The van der Waals surface area contributed by atoms with Crippen LogP contribution in [0.5, 0.6) is 0 Å². The fourth-order valence-corrected chi connectivity index (χ4v) is 2.05. The molecule has 2 aliphatic rings. The number of aromatic nitrogens is 1. The van der Waals surface area contributed by atoms with Crippen LogP contribution in [0.2, 0.25) is 0 Å². The Bertz CT molecular complexity index is 311. The molecule has 3 rings (SSSR count). The van der Waals surface area contributed by atoms with Crippen molar-refractivity contribution in [2.45, 2.75) is 37.5 Å². The van der Waals surface area contributed by atoms with Crippen LogP contribution >= 0.6 is 0 Å². The molecule has 3 heteroatoms. The molecule has 2 heterocycles. The van der Waals surface area contributed by atoms with Gasteiger partial charge in [0.1, 0.15) is 5.76 Å². The minimum Gasteiger partial charge on any atom is -0.381 e. The molecule has 0 bridgehead atoms. The van der Waals surface area contributed by atoms with E-state index in [1.165, 1.54) is 12.8 Å². The van der Waals surface area contributed by atoms with Gasteiger partial charge in [0, 0.05) is 31.1 Å². The average Bonchev–Trinajstić information content (AvgIpc) is 2.98. The molecule has 1 aromatic heterocycles. The van der Waals surface area contributed by atoms with Crippen molar-refractivity contribution in [3.8, 4) is 0 Å². The first-order valence-electron chi connectivity index (χ1n) is 5.48. The number of hydrogen-bond acceptors (Lipinski definition) is 3. The highest BCUT2D eigenvalue weighted by atomic mass is 16.5. The molecule has 0 amide bonds. The molecule has 14 heavy (non-hydrogen) atoms. The Balaban J connectivity index is 1.74. The minimum absolute atomic E-state index is 0.569. The fraction of sp³-hybridized carbons (Fsp3) is 0.727. The third kappa shape index (κ3) is 1.57. The quantitative estimate of drug-likeness (QED) is 0.723. The molecule has 0 unspecified atom stereocenters. The SMILES string of the molecule is c1c(C2CCOCC2)noc1C1CC1. The Kier molecular flexibility index (Phi) is 2.05. The van der Waals surface area contributed by atoms with Gasteiger partial charge in [-0.2, -0.15) is 0 Å². The third-order valence-corrected chi connectivity index (χ3v) is 3.17.